The lowest BCUT2D eigenvalue weighted by atomic mass is 10.2. The Labute approximate surface area is 98.9 Å². The van der Waals surface area contributed by atoms with Crippen molar-refractivity contribution in [3.63, 3.8) is 0 Å². The highest BCUT2D eigenvalue weighted by molar-refractivity contribution is 7.09. The molecule has 0 fully saturated rings. The van der Waals surface area contributed by atoms with Crippen molar-refractivity contribution in [2.75, 3.05) is 6.61 Å². The SMILES string of the molecule is NC(COc1cccnc1)Cc1cccs1. The van der Waals surface area contributed by atoms with Gasteiger partial charge in [0.25, 0.3) is 0 Å². The number of nitrogens with two attached hydrogens (primary N) is 1. The van der Waals surface area contributed by atoms with Gasteiger partial charge in [0.2, 0.25) is 0 Å². The summed E-state index contributed by atoms with van der Waals surface area (Å²) in [4.78, 5) is 5.27. The van der Waals surface area contributed by atoms with Gasteiger partial charge >= 0.3 is 0 Å². The van der Waals surface area contributed by atoms with Crippen molar-refractivity contribution in [1.29, 1.82) is 0 Å². The van der Waals surface area contributed by atoms with Gasteiger partial charge in [-0.25, -0.2) is 0 Å². The summed E-state index contributed by atoms with van der Waals surface area (Å²) < 4.78 is 5.53. The Morgan fingerprint density at radius 1 is 1.38 bits per heavy atom. The number of pyridine rings is 1. The third-order valence-corrected chi connectivity index (χ3v) is 3.04. The molecule has 0 radical (unpaired) electrons. The lowest BCUT2D eigenvalue weighted by Crippen LogP contribution is -2.29. The van der Waals surface area contributed by atoms with Gasteiger partial charge in [-0.3, -0.25) is 4.98 Å². The molecule has 0 bridgehead atoms. The minimum absolute atomic E-state index is 0.0267. The number of ether oxygens (including phenoxy) is 1. The molecule has 3 nitrogen and oxygen atoms in total. The molecule has 0 saturated carbocycles. The maximum Gasteiger partial charge on any atom is 0.137 e. The van der Waals surface area contributed by atoms with Crippen LogP contribution in [0.1, 0.15) is 4.88 Å². The monoisotopic (exact) mass is 234 g/mol. The molecule has 1 unspecified atom stereocenters. The van der Waals surface area contributed by atoms with E-state index in [9.17, 15) is 0 Å². The lowest BCUT2D eigenvalue weighted by Gasteiger charge is -2.11. The van der Waals surface area contributed by atoms with E-state index in [1.165, 1.54) is 4.88 Å². The predicted octanol–water partition coefficient (Wildman–Crippen LogP) is 2.09. The summed E-state index contributed by atoms with van der Waals surface area (Å²) in [5.74, 6) is 0.768. The van der Waals surface area contributed by atoms with Gasteiger partial charge in [0.15, 0.2) is 0 Å². The molecule has 84 valence electrons. The predicted molar refractivity (Wildman–Crippen MR) is 65.7 cm³/mol. The van der Waals surface area contributed by atoms with Crippen molar-refractivity contribution < 1.29 is 4.74 Å². The molecule has 0 saturated heterocycles. The molecule has 0 aliphatic rings. The largest absolute Gasteiger partial charge is 0.490 e. The van der Waals surface area contributed by atoms with Gasteiger partial charge in [0, 0.05) is 23.5 Å². The van der Waals surface area contributed by atoms with Crippen molar-refractivity contribution in [2.45, 2.75) is 12.5 Å². The van der Waals surface area contributed by atoms with Crippen LogP contribution in [0.25, 0.3) is 0 Å². The molecule has 2 aromatic rings. The summed E-state index contributed by atoms with van der Waals surface area (Å²) in [5, 5.41) is 2.06. The van der Waals surface area contributed by atoms with Crippen molar-refractivity contribution in [2.24, 2.45) is 5.73 Å². The van der Waals surface area contributed by atoms with E-state index in [4.69, 9.17) is 10.5 Å². The normalized spacial score (nSPS) is 12.3. The summed E-state index contributed by atoms with van der Waals surface area (Å²) in [6, 6.07) is 7.88. The Bertz CT molecular complexity index is 402. The molecule has 16 heavy (non-hydrogen) atoms. The van der Waals surface area contributed by atoms with Crippen LogP contribution in [0.3, 0.4) is 0 Å². The smallest absolute Gasteiger partial charge is 0.137 e. The van der Waals surface area contributed by atoms with Gasteiger partial charge < -0.3 is 10.5 Å². The van der Waals surface area contributed by atoms with Crippen LogP contribution < -0.4 is 10.5 Å². The number of aromatic nitrogens is 1. The van der Waals surface area contributed by atoms with Gasteiger partial charge in [-0.15, -0.1) is 11.3 Å². The average Bonchev–Trinajstić information content (AvgIpc) is 2.81. The van der Waals surface area contributed by atoms with Crippen LogP contribution in [0.15, 0.2) is 42.0 Å². The van der Waals surface area contributed by atoms with Crippen LogP contribution in [0.2, 0.25) is 0 Å². The zero-order valence-electron chi connectivity index (χ0n) is 8.87. The number of hydrogen-bond acceptors (Lipinski definition) is 4. The van der Waals surface area contributed by atoms with E-state index in [2.05, 4.69) is 16.4 Å². The maximum atomic E-state index is 5.97. The quantitative estimate of drug-likeness (QED) is 0.861. The first kappa shape index (κ1) is 11.1. The highest BCUT2D eigenvalue weighted by Crippen LogP contribution is 2.11. The summed E-state index contributed by atoms with van der Waals surface area (Å²) in [5.41, 5.74) is 5.97. The van der Waals surface area contributed by atoms with E-state index in [0.717, 1.165) is 12.2 Å². The Kier molecular flexibility index (Phi) is 3.91. The first-order valence-corrected chi connectivity index (χ1v) is 6.03. The van der Waals surface area contributed by atoms with Gasteiger partial charge in [-0.2, -0.15) is 0 Å². The van der Waals surface area contributed by atoms with Crippen molar-refractivity contribution in [3.8, 4) is 5.75 Å². The molecule has 2 heterocycles. The van der Waals surface area contributed by atoms with Crippen molar-refractivity contribution in [3.05, 3.63) is 46.9 Å². The first-order valence-electron chi connectivity index (χ1n) is 5.15. The number of hydrogen-bond donors (Lipinski definition) is 1. The number of rotatable bonds is 5. The van der Waals surface area contributed by atoms with Crippen LogP contribution in [0.4, 0.5) is 0 Å². The van der Waals surface area contributed by atoms with Crippen molar-refractivity contribution >= 4 is 11.3 Å². The molecule has 0 aliphatic carbocycles. The fraction of sp³-hybridized carbons (Fsp3) is 0.250. The van der Waals surface area contributed by atoms with E-state index in [-0.39, 0.29) is 6.04 Å². The summed E-state index contributed by atoms with van der Waals surface area (Å²) in [7, 11) is 0. The molecule has 1 atom stereocenters. The van der Waals surface area contributed by atoms with Crippen LogP contribution >= 0.6 is 11.3 Å². The molecule has 0 spiro atoms. The zero-order chi connectivity index (χ0) is 11.2. The zero-order valence-corrected chi connectivity index (χ0v) is 9.69. The number of thiophene rings is 1. The summed E-state index contributed by atoms with van der Waals surface area (Å²) in [6.45, 7) is 0.517. The van der Waals surface area contributed by atoms with Crippen LogP contribution in [-0.4, -0.2) is 17.6 Å². The summed E-state index contributed by atoms with van der Waals surface area (Å²) >= 11 is 1.73. The Balaban J connectivity index is 1.78. The minimum atomic E-state index is 0.0267. The molecule has 2 rings (SSSR count). The topological polar surface area (TPSA) is 48.1 Å². The maximum absolute atomic E-state index is 5.97. The molecule has 4 heteroatoms. The molecule has 0 amide bonds. The van der Waals surface area contributed by atoms with Gasteiger partial charge in [-0.1, -0.05) is 6.07 Å². The van der Waals surface area contributed by atoms with Crippen molar-refractivity contribution in [1.82, 2.24) is 4.98 Å². The molecule has 2 aromatic heterocycles. The fourth-order valence-electron chi connectivity index (χ4n) is 1.38. The van der Waals surface area contributed by atoms with E-state index < -0.39 is 0 Å². The summed E-state index contributed by atoms with van der Waals surface area (Å²) in [6.07, 6.45) is 4.27. The standard InChI is InChI=1S/C12H14N2OS/c13-10(7-12-4-2-6-16-12)9-15-11-3-1-5-14-8-11/h1-6,8,10H,7,9,13H2. The second-order valence-electron chi connectivity index (χ2n) is 3.54. The van der Waals surface area contributed by atoms with E-state index >= 15 is 0 Å². The fourth-order valence-corrected chi connectivity index (χ4v) is 2.18. The van der Waals surface area contributed by atoms with E-state index in [1.54, 1.807) is 23.7 Å². The Morgan fingerprint density at radius 3 is 3.00 bits per heavy atom. The minimum Gasteiger partial charge on any atom is -0.490 e. The van der Waals surface area contributed by atoms with E-state index in [1.807, 2.05) is 18.2 Å². The molecule has 2 N–H and O–H groups in total. The highest BCUT2D eigenvalue weighted by Gasteiger charge is 2.05. The van der Waals surface area contributed by atoms with Crippen LogP contribution in [0.5, 0.6) is 5.75 Å². The Morgan fingerprint density at radius 2 is 2.31 bits per heavy atom. The second kappa shape index (κ2) is 5.63. The van der Waals surface area contributed by atoms with Gasteiger partial charge in [0.1, 0.15) is 12.4 Å². The van der Waals surface area contributed by atoms with E-state index in [0.29, 0.717) is 6.61 Å². The highest BCUT2D eigenvalue weighted by atomic mass is 32.1. The molecule has 0 aromatic carbocycles. The third kappa shape index (κ3) is 3.32. The molecular weight excluding hydrogens is 220 g/mol. The van der Waals surface area contributed by atoms with Crippen LogP contribution in [0, 0.1) is 0 Å². The van der Waals surface area contributed by atoms with Gasteiger partial charge in [0.05, 0.1) is 6.20 Å². The first-order chi connectivity index (χ1) is 7.84. The second-order valence-corrected chi connectivity index (χ2v) is 4.58. The lowest BCUT2D eigenvalue weighted by molar-refractivity contribution is 0.287. The molecular formula is C12H14N2OS. The number of nitrogens with zero attached hydrogens (tertiary/aromatic N) is 1. The third-order valence-electron chi connectivity index (χ3n) is 2.14. The molecule has 0 aliphatic heterocycles. The van der Waals surface area contributed by atoms with Gasteiger partial charge in [-0.05, 0) is 23.6 Å². The average molecular weight is 234 g/mol. The Hall–Kier alpha value is -1.39. The van der Waals surface area contributed by atoms with Crippen LogP contribution in [-0.2, 0) is 6.42 Å².